The highest BCUT2D eigenvalue weighted by Crippen LogP contribution is 2.44. The van der Waals surface area contributed by atoms with E-state index in [1.807, 2.05) is 97.1 Å². The van der Waals surface area contributed by atoms with Crippen molar-refractivity contribution in [3.63, 3.8) is 0 Å². The number of nitrogens with zero attached hydrogens (tertiary/aromatic N) is 1. The Balaban J connectivity index is 1.28. The van der Waals surface area contributed by atoms with Crippen molar-refractivity contribution in [3.05, 3.63) is 131 Å². The summed E-state index contributed by atoms with van der Waals surface area (Å²) in [5.41, 5.74) is 12.6. The van der Waals surface area contributed by atoms with E-state index in [0.717, 1.165) is 44.8 Å². The highest BCUT2D eigenvalue weighted by molar-refractivity contribution is 7.99. The van der Waals surface area contributed by atoms with Crippen LogP contribution in [0.3, 0.4) is 0 Å². The summed E-state index contributed by atoms with van der Waals surface area (Å²) in [6.07, 6.45) is -0.872. The molecule has 4 aromatic carbocycles. The van der Waals surface area contributed by atoms with E-state index in [1.165, 1.54) is 0 Å². The number of aliphatic hydroxyl groups excluding tert-OH is 1. The van der Waals surface area contributed by atoms with Gasteiger partial charge in [0.2, 0.25) is 0 Å². The molecule has 6 nitrogen and oxygen atoms in total. The molecular weight excluding hydrogens is 544 g/mol. The minimum atomic E-state index is -0.537. The smallest absolute Gasteiger partial charge is 0.256 e. The molecule has 1 aliphatic rings. The van der Waals surface area contributed by atoms with Gasteiger partial charge in [-0.1, -0.05) is 128 Å². The number of aromatic nitrogens is 1. The summed E-state index contributed by atoms with van der Waals surface area (Å²) in [7, 11) is 0. The third-order valence-corrected chi connectivity index (χ3v) is 8.59. The van der Waals surface area contributed by atoms with Crippen LogP contribution in [0.25, 0.3) is 22.6 Å². The molecule has 42 heavy (non-hydrogen) atoms. The standard InChI is InChI=1S/C35H34N2O4S/c1-23-30(22-42-35-37-31(26-8-4-2-5-9-26)33(41-35)27-10-6-3-7-11-27)39-34(29-18-12-24(20-36)13-19-29)40-32(23)28-16-14-25(21-38)15-17-28/h2-19,23,30,32,34,38H,20-22,36H2,1H3/t23-,30-,32-,34-/m1/s1. The molecule has 0 unspecified atom stereocenters. The number of ether oxygens (including phenoxy) is 2. The Kier molecular flexibility index (Phi) is 8.84. The monoisotopic (exact) mass is 578 g/mol. The van der Waals surface area contributed by atoms with Gasteiger partial charge in [-0.15, -0.1) is 0 Å². The minimum Gasteiger partial charge on any atom is -0.431 e. The molecular formula is C35H34N2O4S. The summed E-state index contributed by atoms with van der Waals surface area (Å²) in [5.74, 6) is 1.44. The normalized spacial score (nSPS) is 20.5. The topological polar surface area (TPSA) is 90.7 Å². The zero-order valence-corrected chi connectivity index (χ0v) is 24.2. The maximum Gasteiger partial charge on any atom is 0.256 e. The summed E-state index contributed by atoms with van der Waals surface area (Å²) in [4.78, 5) is 4.93. The van der Waals surface area contributed by atoms with Crippen LogP contribution >= 0.6 is 11.8 Å². The first kappa shape index (κ1) is 28.4. The van der Waals surface area contributed by atoms with Crippen LogP contribution in [-0.4, -0.2) is 21.9 Å². The summed E-state index contributed by atoms with van der Waals surface area (Å²) >= 11 is 1.55. The van der Waals surface area contributed by atoms with Crippen molar-refractivity contribution in [2.24, 2.45) is 11.7 Å². The minimum absolute atomic E-state index is 0.00589. The third-order valence-electron chi connectivity index (χ3n) is 7.67. The van der Waals surface area contributed by atoms with Crippen molar-refractivity contribution in [2.75, 3.05) is 5.75 Å². The molecule has 5 aromatic rings. The maximum absolute atomic E-state index is 9.53. The van der Waals surface area contributed by atoms with Crippen molar-refractivity contribution in [3.8, 4) is 22.6 Å². The van der Waals surface area contributed by atoms with E-state index in [2.05, 4.69) is 19.1 Å². The van der Waals surface area contributed by atoms with Crippen LogP contribution in [-0.2, 0) is 22.6 Å². The number of aliphatic hydroxyl groups is 1. The highest BCUT2D eigenvalue weighted by atomic mass is 32.2. The van der Waals surface area contributed by atoms with Crippen LogP contribution in [0.4, 0.5) is 0 Å². The van der Waals surface area contributed by atoms with E-state index in [9.17, 15) is 5.11 Å². The molecule has 0 bridgehead atoms. The molecule has 7 heteroatoms. The molecule has 0 aliphatic carbocycles. The van der Waals surface area contributed by atoms with Crippen molar-refractivity contribution in [1.82, 2.24) is 4.98 Å². The molecule has 3 N–H and O–H groups in total. The summed E-state index contributed by atoms with van der Waals surface area (Å²) in [6.45, 7) is 2.64. The summed E-state index contributed by atoms with van der Waals surface area (Å²) in [6, 6.07) is 36.2. The van der Waals surface area contributed by atoms with Gasteiger partial charge in [-0.2, -0.15) is 0 Å². The number of benzene rings is 4. The highest BCUT2D eigenvalue weighted by Gasteiger charge is 2.38. The Bertz CT molecular complexity index is 1520. The predicted octanol–water partition coefficient (Wildman–Crippen LogP) is 7.54. The van der Waals surface area contributed by atoms with E-state index in [4.69, 9.17) is 24.6 Å². The molecule has 4 atom stereocenters. The lowest BCUT2D eigenvalue weighted by Gasteiger charge is -2.41. The Morgan fingerprint density at radius 1 is 0.762 bits per heavy atom. The molecule has 1 aliphatic heterocycles. The third kappa shape index (κ3) is 6.21. The van der Waals surface area contributed by atoms with Crippen LogP contribution in [0, 0.1) is 5.92 Å². The predicted molar refractivity (Wildman–Crippen MR) is 165 cm³/mol. The van der Waals surface area contributed by atoms with Gasteiger partial charge in [-0.25, -0.2) is 4.98 Å². The van der Waals surface area contributed by atoms with Crippen LogP contribution in [0.2, 0.25) is 0 Å². The van der Waals surface area contributed by atoms with Crippen molar-refractivity contribution >= 4 is 11.8 Å². The van der Waals surface area contributed by atoms with E-state index in [1.54, 1.807) is 11.8 Å². The fraction of sp³-hybridized carbons (Fsp3) is 0.229. The average molecular weight is 579 g/mol. The molecule has 0 spiro atoms. The van der Waals surface area contributed by atoms with Gasteiger partial charge in [0.15, 0.2) is 12.1 Å². The van der Waals surface area contributed by atoms with Crippen LogP contribution in [0.1, 0.15) is 41.6 Å². The Morgan fingerprint density at radius 2 is 1.38 bits per heavy atom. The molecule has 0 amide bonds. The van der Waals surface area contributed by atoms with E-state index >= 15 is 0 Å². The fourth-order valence-corrected chi connectivity index (χ4v) is 6.20. The molecule has 6 rings (SSSR count). The van der Waals surface area contributed by atoms with Gasteiger partial charge >= 0.3 is 0 Å². The number of nitrogens with two attached hydrogens (primary N) is 1. The summed E-state index contributed by atoms with van der Waals surface area (Å²) in [5, 5.41) is 10.1. The van der Waals surface area contributed by atoms with Gasteiger partial charge in [0, 0.05) is 34.9 Å². The molecule has 1 fully saturated rings. The SMILES string of the molecule is C[C@@H]1[C@@H](CSc2nc(-c3ccccc3)c(-c3ccccc3)o2)O[C@@H](c2ccc(CN)cc2)O[C@H]1c1ccc(CO)cc1. The molecule has 0 radical (unpaired) electrons. The zero-order valence-electron chi connectivity index (χ0n) is 23.4. The van der Waals surface area contributed by atoms with Gasteiger partial charge < -0.3 is 24.7 Å². The van der Waals surface area contributed by atoms with E-state index < -0.39 is 6.29 Å². The first-order chi connectivity index (χ1) is 20.6. The number of hydrogen-bond donors (Lipinski definition) is 2. The quantitative estimate of drug-likeness (QED) is 0.175. The van der Waals surface area contributed by atoms with Crippen molar-refractivity contribution < 1.29 is 19.0 Å². The molecule has 0 saturated carbocycles. The Morgan fingerprint density at radius 3 is 2.02 bits per heavy atom. The first-order valence-corrected chi connectivity index (χ1v) is 15.2. The van der Waals surface area contributed by atoms with Gasteiger partial charge in [-0.3, -0.25) is 0 Å². The average Bonchev–Trinajstić information content (AvgIpc) is 3.50. The fourth-order valence-electron chi connectivity index (χ4n) is 5.21. The molecule has 1 aromatic heterocycles. The number of hydrogen-bond acceptors (Lipinski definition) is 7. The van der Waals surface area contributed by atoms with E-state index in [-0.39, 0.29) is 24.7 Å². The van der Waals surface area contributed by atoms with Gasteiger partial charge in [0.05, 0.1) is 18.8 Å². The molecule has 1 saturated heterocycles. The second kappa shape index (κ2) is 13.1. The van der Waals surface area contributed by atoms with Crippen LogP contribution in [0.15, 0.2) is 119 Å². The first-order valence-electron chi connectivity index (χ1n) is 14.2. The second-order valence-electron chi connectivity index (χ2n) is 10.5. The van der Waals surface area contributed by atoms with Gasteiger partial charge in [0.1, 0.15) is 5.69 Å². The van der Waals surface area contributed by atoms with Crippen molar-refractivity contribution in [1.29, 1.82) is 0 Å². The number of thioether (sulfide) groups is 1. The Labute approximate surface area is 250 Å². The number of rotatable bonds is 9. The van der Waals surface area contributed by atoms with E-state index in [0.29, 0.717) is 17.5 Å². The van der Waals surface area contributed by atoms with Crippen LogP contribution in [0.5, 0.6) is 0 Å². The van der Waals surface area contributed by atoms with Gasteiger partial charge in [0.25, 0.3) is 5.22 Å². The Hall–Kier alpha value is -3.72. The van der Waals surface area contributed by atoms with Gasteiger partial charge in [-0.05, 0) is 16.7 Å². The molecule has 214 valence electrons. The summed E-state index contributed by atoms with van der Waals surface area (Å²) < 4.78 is 19.6. The second-order valence-corrected chi connectivity index (χ2v) is 11.4. The molecule has 2 heterocycles. The largest absolute Gasteiger partial charge is 0.431 e. The van der Waals surface area contributed by atoms with Crippen LogP contribution < -0.4 is 5.73 Å². The zero-order chi connectivity index (χ0) is 28.9. The lowest BCUT2D eigenvalue weighted by Crippen LogP contribution is -2.38. The lowest BCUT2D eigenvalue weighted by atomic mass is 9.91. The lowest BCUT2D eigenvalue weighted by molar-refractivity contribution is -0.268. The maximum atomic E-state index is 9.53. The number of oxazole rings is 1. The van der Waals surface area contributed by atoms with Crippen molar-refractivity contribution in [2.45, 2.75) is 43.8 Å².